The van der Waals surface area contributed by atoms with Crippen molar-refractivity contribution in [1.82, 2.24) is 10.2 Å². The summed E-state index contributed by atoms with van der Waals surface area (Å²) in [6.45, 7) is 2.35. The van der Waals surface area contributed by atoms with Gasteiger partial charge in [0, 0.05) is 13.7 Å². The van der Waals surface area contributed by atoms with Gasteiger partial charge in [-0.2, -0.15) is 0 Å². The largest absolute Gasteiger partial charge is 0.480 e. The van der Waals surface area contributed by atoms with Gasteiger partial charge in [-0.25, -0.2) is 0 Å². The number of methoxy groups -OCH3 is 1. The van der Waals surface area contributed by atoms with E-state index < -0.39 is 5.97 Å². The van der Waals surface area contributed by atoms with Crippen molar-refractivity contribution in [2.24, 2.45) is 0 Å². The van der Waals surface area contributed by atoms with Gasteiger partial charge in [-0.15, -0.1) is 0 Å². The van der Waals surface area contributed by atoms with Crippen LogP contribution >= 0.6 is 0 Å². The van der Waals surface area contributed by atoms with Gasteiger partial charge in [0.25, 0.3) is 0 Å². The van der Waals surface area contributed by atoms with Gasteiger partial charge in [0.2, 0.25) is 5.91 Å². The Balaban J connectivity index is 2.46. The van der Waals surface area contributed by atoms with E-state index in [-0.39, 0.29) is 25.0 Å². The molecule has 1 unspecified atom stereocenters. The van der Waals surface area contributed by atoms with Gasteiger partial charge in [-0.1, -0.05) is 0 Å². The Kier molecular flexibility index (Phi) is 6.75. The summed E-state index contributed by atoms with van der Waals surface area (Å²) in [5.41, 5.74) is 0. The van der Waals surface area contributed by atoms with Crippen LogP contribution in [0.4, 0.5) is 0 Å². The summed E-state index contributed by atoms with van der Waals surface area (Å²) in [6.07, 6.45) is 1.54. The normalized spacial score (nSPS) is 12.3. The number of carbonyl (C=O) groups is 2. The maximum Gasteiger partial charge on any atom is 0.317 e. The molecular weight excluding hydrogens is 264 g/mol. The fourth-order valence-electron chi connectivity index (χ4n) is 1.72. The molecule has 1 rings (SSSR count). The molecule has 112 valence electrons. The maximum atomic E-state index is 11.9. The van der Waals surface area contributed by atoms with Gasteiger partial charge in [0.1, 0.15) is 5.76 Å². The first kappa shape index (κ1) is 16.2. The van der Waals surface area contributed by atoms with Gasteiger partial charge in [0.05, 0.1) is 32.0 Å². The Morgan fingerprint density at radius 2 is 2.25 bits per heavy atom. The number of carbonyl (C=O) groups excluding carboxylic acids is 1. The molecule has 0 radical (unpaired) electrons. The highest BCUT2D eigenvalue weighted by molar-refractivity contribution is 5.79. The minimum Gasteiger partial charge on any atom is -0.480 e. The first-order valence-corrected chi connectivity index (χ1v) is 6.28. The van der Waals surface area contributed by atoms with E-state index in [0.29, 0.717) is 18.9 Å². The molecule has 0 aromatic carbocycles. The molecule has 1 heterocycles. The lowest BCUT2D eigenvalue weighted by Crippen LogP contribution is -2.41. The van der Waals surface area contributed by atoms with Crippen molar-refractivity contribution < 1.29 is 23.8 Å². The Morgan fingerprint density at radius 3 is 2.80 bits per heavy atom. The molecule has 1 aromatic heterocycles. The average Bonchev–Trinajstić information content (AvgIpc) is 2.88. The summed E-state index contributed by atoms with van der Waals surface area (Å²) in [5, 5.41) is 11.6. The molecule has 7 heteroatoms. The Bertz CT molecular complexity index is 418. The van der Waals surface area contributed by atoms with Crippen LogP contribution in [0.25, 0.3) is 0 Å². The van der Waals surface area contributed by atoms with Crippen LogP contribution in [0.5, 0.6) is 0 Å². The molecule has 0 aliphatic rings. The molecule has 1 atom stereocenters. The molecule has 0 saturated heterocycles. The van der Waals surface area contributed by atoms with Crippen molar-refractivity contribution in [3.63, 3.8) is 0 Å². The molecule has 1 amide bonds. The molecule has 0 aliphatic heterocycles. The zero-order valence-electron chi connectivity index (χ0n) is 11.7. The number of nitrogens with one attached hydrogen (secondary N) is 1. The summed E-state index contributed by atoms with van der Waals surface area (Å²) in [6, 6.07) is 3.25. The summed E-state index contributed by atoms with van der Waals surface area (Å²) >= 11 is 0. The highest BCUT2D eigenvalue weighted by atomic mass is 16.5. The highest BCUT2D eigenvalue weighted by Crippen LogP contribution is 2.11. The number of rotatable bonds is 9. The third-order valence-electron chi connectivity index (χ3n) is 2.69. The van der Waals surface area contributed by atoms with Crippen molar-refractivity contribution in [3.8, 4) is 0 Å². The molecule has 0 bridgehead atoms. The van der Waals surface area contributed by atoms with Crippen molar-refractivity contribution in [1.29, 1.82) is 0 Å². The molecule has 2 N–H and O–H groups in total. The standard InChI is InChI=1S/C13H20N2O5/c1-10(11-4-3-6-20-11)14-12(16)8-15(5-7-19-2)9-13(17)18/h3-4,6,10H,5,7-9H2,1-2H3,(H,14,16)(H,17,18). The van der Waals surface area contributed by atoms with Crippen molar-refractivity contribution in [2.75, 3.05) is 33.4 Å². The second-order valence-electron chi connectivity index (χ2n) is 4.40. The fourth-order valence-corrected chi connectivity index (χ4v) is 1.72. The zero-order chi connectivity index (χ0) is 15.0. The van der Waals surface area contributed by atoms with Gasteiger partial charge in [-0.3, -0.25) is 14.5 Å². The summed E-state index contributed by atoms with van der Waals surface area (Å²) in [7, 11) is 1.53. The Morgan fingerprint density at radius 1 is 1.50 bits per heavy atom. The predicted octanol–water partition coefficient (Wildman–Crippen LogP) is 0.490. The average molecular weight is 284 g/mol. The molecule has 1 aromatic rings. The lowest BCUT2D eigenvalue weighted by atomic mass is 10.2. The minimum absolute atomic E-state index is 0.000703. The number of aliphatic carboxylic acids is 1. The Labute approximate surface area is 117 Å². The number of amides is 1. The number of furan rings is 1. The van der Waals surface area contributed by atoms with Gasteiger partial charge in [0.15, 0.2) is 0 Å². The van der Waals surface area contributed by atoms with Crippen LogP contribution < -0.4 is 5.32 Å². The van der Waals surface area contributed by atoms with E-state index in [0.717, 1.165) is 0 Å². The second kappa shape index (κ2) is 8.34. The van der Waals surface area contributed by atoms with Crippen LogP contribution in [-0.2, 0) is 14.3 Å². The number of hydrogen-bond acceptors (Lipinski definition) is 5. The van der Waals surface area contributed by atoms with Crippen molar-refractivity contribution in [2.45, 2.75) is 13.0 Å². The van der Waals surface area contributed by atoms with E-state index >= 15 is 0 Å². The molecule has 0 saturated carbocycles. The summed E-state index contributed by atoms with van der Waals surface area (Å²) in [4.78, 5) is 24.1. The quantitative estimate of drug-likeness (QED) is 0.685. The first-order valence-electron chi connectivity index (χ1n) is 6.28. The molecule has 0 aliphatic carbocycles. The third-order valence-corrected chi connectivity index (χ3v) is 2.69. The van der Waals surface area contributed by atoms with E-state index in [9.17, 15) is 9.59 Å². The predicted molar refractivity (Wildman–Crippen MR) is 71.2 cm³/mol. The van der Waals surface area contributed by atoms with E-state index in [1.54, 1.807) is 19.1 Å². The summed E-state index contributed by atoms with van der Waals surface area (Å²) < 4.78 is 10.1. The van der Waals surface area contributed by atoms with Gasteiger partial charge in [-0.05, 0) is 19.1 Å². The van der Waals surface area contributed by atoms with Crippen LogP contribution in [-0.4, -0.2) is 55.2 Å². The first-order chi connectivity index (χ1) is 9.52. The minimum atomic E-state index is -0.979. The fraction of sp³-hybridized carbons (Fsp3) is 0.538. The smallest absolute Gasteiger partial charge is 0.317 e. The lowest BCUT2D eigenvalue weighted by molar-refractivity contribution is -0.138. The van der Waals surface area contributed by atoms with Crippen LogP contribution in [0.1, 0.15) is 18.7 Å². The van der Waals surface area contributed by atoms with Crippen LogP contribution in [0.3, 0.4) is 0 Å². The number of carboxylic acid groups (broad SMARTS) is 1. The third kappa shape index (κ3) is 5.85. The van der Waals surface area contributed by atoms with Crippen LogP contribution in [0, 0.1) is 0 Å². The highest BCUT2D eigenvalue weighted by Gasteiger charge is 2.16. The van der Waals surface area contributed by atoms with Gasteiger partial charge >= 0.3 is 5.97 Å². The summed E-state index contributed by atoms with van der Waals surface area (Å²) in [5.74, 6) is -0.584. The zero-order valence-corrected chi connectivity index (χ0v) is 11.7. The van der Waals surface area contributed by atoms with Crippen molar-refractivity contribution in [3.05, 3.63) is 24.2 Å². The van der Waals surface area contributed by atoms with Crippen molar-refractivity contribution >= 4 is 11.9 Å². The molecule has 20 heavy (non-hydrogen) atoms. The number of ether oxygens (including phenoxy) is 1. The topological polar surface area (TPSA) is 92.0 Å². The lowest BCUT2D eigenvalue weighted by Gasteiger charge is -2.20. The Hall–Kier alpha value is -1.86. The van der Waals surface area contributed by atoms with Crippen LogP contribution in [0.15, 0.2) is 22.8 Å². The monoisotopic (exact) mass is 284 g/mol. The molecule has 0 fully saturated rings. The number of nitrogens with zero attached hydrogens (tertiary/aromatic N) is 1. The SMILES string of the molecule is COCCN(CC(=O)O)CC(=O)NC(C)c1ccco1. The van der Waals surface area contributed by atoms with E-state index in [4.69, 9.17) is 14.3 Å². The van der Waals surface area contributed by atoms with E-state index in [1.165, 1.54) is 18.3 Å². The van der Waals surface area contributed by atoms with E-state index in [2.05, 4.69) is 5.32 Å². The maximum absolute atomic E-state index is 11.9. The molecular formula is C13H20N2O5. The molecule has 0 spiro atoms. The van der Waals surface area contributed by atoms with Gasteiger partial charge < -0.3 is 19.6 Å². The van der Waals surface area contributed by atoms with Crippen LogP contribution in [0.2, 0.25) is 0 Å². The number of hydrogen-bond donors (Lipinski definition) is 2. The van der Waals surface area contributed by atoms with E-state index in [1.807, 2.05) is 0 Å². The molecule has 7 nitrogen and oxygen atoms in total. The second-order valence-corrected chi connectivity index (χ2v) is 4.40. The number of carboxylic acids is 1.